The van der Waals surface area contributed by atoms with Gasteiger partial charge in [0.2, 0.25) is 0 Å². The van der Waals surface area contributed by atoms with Gasteiger partial charge in [-0.25, -0.2) is 0 Å². The lowest BCUT2D eigenvalue weighted by atomic mass is 10.1. The quantitative estimate of drug-likeness (QED) is 0.832. The first kappa shape index (κ1) is 18.4. The van der Waals surface area contributed by atoms with E-state index in [-0.39, 0.29) is 5.04 Å². The molecule has 2 N–H and O–H groups in total. The van der Waals surface area contributed by atoms with Crippen molar-refractivity contribution in [2.24, 2.45) is 11.7 Å². The van der Waals surface area contributed by atoms with Crippen LogP contribution in [0.2, 0.25) is 5.04 Å². The van der Waals surface area contributed by atoms with Crippen molar-refractivity contribution < 1.29 is 4.43 Å². The SMILES string of the molecule is CC(C)(C)[Si](OC[C@@H]1CC[C@H](N)C1)(c1ccccc1)c1ccccc1. The van der Waals surface area contributed by atoms with E-state index in [1.807, 2.05) is 0 Å². The molecule has 0 amide bonds. The number of nitrogens with two attached hydrogens (primary N) is 1. The zero-order chi connectivity index (χ0) is 17.9. The van der Waals surface area contributed by atoms with E-state index in [2.05, 4.69) is 81.4 Å². The average molecular weight is 354 g/mol. The van der Waals surface area contributed by atoms with Gasteiger partial charge in [-0.15, -0.1) is 0 Å². The third kappa shape index (κ3) is 3.74. The molecule has 2 aromatic carbocycles. The standard InChI is InChI=1S/C22H31NOSi/c1-22(2,3)25(20-10-6-4-7-11-20,21-12-8-5-9-13-21)24-17-18-14-15-19(23)16-18/h4-13,18-19H,14-17,23H2,1-3H3/t18-,19+/m1/s1. The molecule has 2 aromatic rings. The van der Waals surface area contributed by atoms with Gasteiger partial charge in [0.15, 0.2) is 0 Å². The number of rotatable bonds is 5. The minimum absolute atomic E-state index is 0.0520. The van der Waals surface area contributed by atoms with Crippen LogP contribution in [0.1, 0.15) is 40.0 Å². The van der Waals surface area contributed by atoms with Crippen molar-refractivity contribution in [2.75, 3.05) is 6.61 Å². The fourth-order valence-corrected chi connectivity index (χ4v) is 8.91. The van der Waals surface area contributed by atoms with Crippen LogP contribution in [0.15, 0.2) is 60.7 Å². The minimum atomic E-state index is -2.38. The van der Waals surface area contributed by atoms with Crippen LogP contribution in [0, 0.1) is 5.92 Å². The molecule has 0 radical (unpaired) electrons. The van der Waals surface area contributed by atoms with Crippen LogP contribution in [0.3, 0.4) is 0 Å². The van der Waals surface area contributed by atoms with Crippen molar-refractivity contribution in [3.05, 3.63) is 60.7 Å². The van der Waals surface area contributed by atoms with Crippen molar-refractivity contribution >= 4 is 18.7 Å². The van der Waals surface area contributed by atoms with Gasteiger partial charge >= 0.3 is 0 Å². The largest absolute Gasteiger partial charge is 0.407 e. The molecule has 0 saturated heterocycles. The Balaban J connectivity index is 2.02. The Kier molecular flexibility index (Phi) is 5.47. The Bertz CT molecular complexity index is 626. The number of benzene rings is 2. The van der Waals surface area contributed by atoms with E-state index < -0.39 is 8.32 Å². The molecule has 0 bridgehead atoms. The van der Waals surface area contributed by atoms with Crippen LogP contribution in [-0.2, 0) is 4.43 Å². The third-order valence-electron chi connectivity index (χ3n) is 5.53. The van der Waals surface area contributed by atoms with Crippen LogP contribution in [0.4, 0.5) is 0 Å². The lowest BCUT2D eigenvalue weighted by Crippen LogP contribution is -2.66. The maximum Gasteiger partial charge on any atom is 0.261 e. The Morgan fingerprint density at radius 2 is 1.44 bits per heavy atom. The van der Waals surface area contributed by atoms with Gasteiger partial charge in [0.25, 0.3) is 8.32 Å². The molecule has 3 rings (SSSR count). The smallest absolute Gasteiger partial charge is 0.261 e. The van der Waals surface area contributed by atoms with Gasteiger partial charge in [-0.05, 0) is 40.6 Å². The van der Waals surface area contributed by atoms with Crippen LogP contribution in [0.5, 0.6) is 0 Å². The zero-order valence-corrected chi connectivity index (χ0v) is 16.7. The summed E-state index contributed by atoms with van der Waals surface area (Å²) in [4.78, 5) is 0. The van der Waals surface area contributed by atoms with Crippen molar-refractivity contribution in [1.29, 1.82) is 0 Å². The summed E-state index contributed by atoms with van der Waals surface area (Å²) in [5.74, 6) is 0.594. The van der Waals surface area contributed by atoms with Crippen LogP contribution in [-0.4, -0.2) is 21.0 Å². The van der Waals surface area contributed by atoms with Crippen molar-refractivity contribution in [1.82, 2.24) is 0 Å². The highest BCUT2D eigenvalue weighted by Crippen LogP contribution is 2.38. The van der Waals surface area contributed by atoms with E-state index in [0.29, 0.717) is 12.0 Å². The summed E-state index contributed by atoms with van der Waals surface area (Å²) in [6, 6.07) is 22.1. The van der Waals surface area contributed by atoms with Gasteiger partial charge in [0, 0.05) is 12.6 Å². The monoisotopic (exact) mass is 353 g/mol. The second kappa shape index (κ2) is 7.44. The normalized spacial score (nSPS) is 21.4. The molecule has 3 heteroatoms. The van der Waals surface area contributed by atoms with Gasteiger partial charge in [-0.1, -0.05) is 81.4 Å². The molecule has 1 aliphatic rings. The second-order valence-electron chi connectivity index (χ2n) is 8.41. The Morgan fingerprint density at radius 3 is 1.84 bits per heavy atom. The van der Waals surface area contributed by atoms with Crippen molar-refractivity contribution in [3.8, 4) is 0 Å². The summed E-state index contributed by atoms with van der Waals surface area (Å²) in [5.41, 5.74) is 6.13. The summed E-state index contributed by atoms with van der Waals surface area (Å²) in [6.45, 7) is 7.82. The molecule has 0 unspecified atom stereocenters. The molecule has 2 atom stereocenters. The van der Waals surface area contributed by atoms with Crippen molar-refractivity contribution in [3.63, 3.8) is 0 Å². The molecule has 2 nitrogen and oxygen atoms in total. The molecule has 0 aromatic heterocycles. The van der Waals surface area contributed by atoms with Crippen molar-refractivity contribution in [2.45, 2.75) is 51.1 Å². The molecule has 25 heavy (non-hydrogen) atoms. The predicted molar refractivity (Wildman–Crippen MR) is 109 cm³/mol. The van der Waals surface area contributed by atoms with E-state index in [1.165, 1.54) is 16.8 Å². The summed E-state index contributed by atoms with van der Waals surface area (Å²) >= 11 is 0. The predicted octanol–water partition coefficient (Wildman–Crippen LogP) is 3.69. The highest BCUT2D eigenvalue weighted by Gasteiger charge is 2.50. The molecule has 0 heterocycles. The van der Waals surface area contributed by atoms with Gasteiger partial charge in [0.1, 0.15) is 0 Å². The molecular weight excluding hydrogens is 322 g/mol. The highest BCUT2D eigenvalue weighted by molar-refractivity contribution is 6.99. The first-order valence-corrected chi connectivity index (χ1v) is 11.3. The number of hydrogen-bond donors (Lipinski definition) is 1. The maximum atomic E-state index is 6.98. The van der Waals surface area contributed by atoms with E-state index in [1.54, 1.807) is 0 Å². The van der Waals surface area contributed by atoms with E-state index in [0.717, 1.165) is 19.4 Å². The van der Waals surface area contributed by atoms with Gasteiger partial charge in [-0.2, -0.15) is 0 Å². The number of hydrogen-bond acceptors (Lipinski definition) is 2. The van der Waals surface area contributed by atoms with Gasteiger partial charge in [0.05, 0.1) is 0 Å². The Morgan fingerprint density at radius 1 is 0.920 bits per heavy atom. The molecule has 0 spiro atoms. The first-order chi connectivity index (χ1) is 11.9. The van der Waals surface area contributed by atoms with E-state index in [9.17, 15) is 0 Å². The Hall–Kier alpha value is -1.42. The topological polar surface area (TPSA) is 35.2 Å². The summed E-state index contributed by atoms with van der Waals surface area (Å²) in [6.07, 6.45) is 3.42. The van der Waals surface area contributed by atoms with E-state index >= 15 is 0 Å². The summed E-state index contributed by atoms with van der Waals surface area (Å²) < 4.78 is 6.98. The van der Waals surface area contributed by atoms with Crippen LogP contribution in [0.25, 0.3) is 0 Å². The fraction of sp³-hybridized carbons (Fsp3) is 0.455. The van der Waals surface area contributed by atoms with Crippen LogP contribution < -0.4 is 16.1 Å². The molecule has 1 fully saturated rings. The Labute approximate surface area is 153 Å². The highest BCUT2D eigenvalue weighted by atomic mass is 28.4. The summed E-state index contributed by atoms with van der Waals surface area (Å²) in [5, 5.41) is 2.77. The third-order valence-corrected chi connectivity index (χ3v) is 10.5. The molecule has 1 aliphatic carbocycles. The second-order valence-corrected chi connectivity index (χ2v) is 12.7. The van der Waals surface area contributed by atoms with Gasteiger partial charge < -0.3 is 10.2 Å². The first-order valence-electron chi connectivity index (χ1n) is 9.44. The van der Waals surface area contributed by atoms with E-state index in [4.69, 9.17) is 10.2 Å². The molecule has 134 valence electrons. The molecular formula is C22H31NOSi. The maximum absolute atomic E-state index is 6.98. The lowest BCUT2D eigenvalue weighted by Gasteiger charge is -2.43. The van der Waals surface area contributed by atoms with Gasteiger partial charge in [-0.3, -0.25) is 0 Å². The zero-order valence-electron chi connectivity index (χ0n) is 15.7. The lowest BCUT2D eigenvalue weighted by molar-refractivity contribution is 0.236. The van der Waals surface area contributed by atoms with Crippen LogP contribution >= 0.6 is 0 Å². The summed E-state index contributed by atoms with van der Waals surface area (Å²) in [7, 11) is -2.38. The average Bonchev–Trinajstić information content (AvgIpc) is 3.02. The molecule has 1 saturated carbocycles. The minimum Gasteiger partial charge on any atom is -0.407 e. The fourth-order valence-electron chi connectivity index (χ4n) is 4.27. The molecule has 0 aliphatic heterocycles.